The van der Waals surface area contributed by atoms with Crippen LogP contribution in [0.1, 0.15) is 62.7 Å². The monoisotopic (exact) mass is 529 g/mol. The number of primary amides is 1. The van der Waals surface area contributed by atoms with Gasteiger partial charge >= 0.3 is 0 Å². The molecule has 2 aliphatic heterocycles. The molecule has 0 radical (unpaired) electrons. The van der Waals surface area contributed by atoms with Gasteiger partial charge in [-0.3, -0.25) is 9.59 Å². The van der Waals surface area contributed by atoms with Gasteiger partial charge in [0, 0.05) is 18.7 Å². The highest BCUT2D eigenvalue weighted by atomic mass is 19.1. The summed E-state index contributed by atoms with van der Waals surface area (Å²) < 4.78 is 35.5. The molecule has 2 amide bonds. The molecule has 1 atom stereocenters. The number of hydrogen-bond donors (Lipinski definition) is 1. The summed E-state index contributed by atoms with van der Waals surface area (Å²) in [5, 5.41) is 0. The lowest BCUT2D eigenvalue weighted by Crippen LogP contribution is -2.44. The van der Waals surface area contributed by atoms with E-state index in [1.807, 2.05) is 13.8 Å². The first kappa shape index (κ1) is 27.9. The Morgan fingerprint density at radius 2 is 1.79 bits per heavy atom. The third kappa shape index (κ3) is 6.46. The van der Waals surface area contributed by atoms with Gasteiger partial charge < -0.3 is 20.3 Å². The largest absolute Gasteiger partial charge is 0.490 e. The molecule has 8 nitrogen and oxygen atoms in total. The van der Waals surface area contributed by atoms with Crippen LogP contribution in [0.3, 0.4) is 0 Å². The van der Waals surface area contributed by atoms with Gasteiger partial charge in [0.2, 0.25) is 5.91 Å². The van der Waals surface area contributed by atoms with Crippen molar-refractivity contribution in [1.82, 2.24) is 19.8 Å². The molecule has 2 fully saturated rings. The number of alkyl halides is 1. The van der Waals surface area contributed by atoms with Crippen molar-refractivity contribution < 1.29 is 23.1 Å². The third-order valence-electron chi connectivity index (χ3n) is 7.90. The predicted molar refractivity (Wildman–Crippen MR) is 140 cm³/mol. The molecule has 38 heavy (non-hydrogen) atoms. The first-order valence-corrected chi connectivity index (χ1v) is 13.5. The van der Waals surface area contributed by atoms with Crippen molar-refractivity contribution in [2.45, 2.75) is 64.1 Å². The fraction of sp³-hybridized carbons (Fsp3) is 0.571. The fourth-order valence-corrected chi connectivity index (χ4v) is 5.23. The Balaban J connectivity index is 1.30. The molecule has 1 aromatic heterocycles. The maximum absolute atomic E-state index is 14.9. The lowest BCUT2D eigenvalue weighted by atomic mass is 9.94. The molecule has 206 valence electrons. The van der Waals surface area contributed by atoms with Crippen LogP contribution in [0.4, 0.5) is 8.78 Å². The summed E-state index contributed by atoms with van der Waals surface area (Å²) in [7, 11) is 0. The molecular weight excluding hydrogens is 492 g/mol. The van der Waals surface area contributed by atoms with Crippen molar-refractivity contribution in [3.63, 3.8) is 0 Å². The van der Waals surface area contributed by atoms with E-state index in [1.165, 1.54) is 17.0 Å². The second kappa shape index (κ2) is 12.1. The first-order chi connectivity index (χ1) is 18.2. The Kier molecular flexibility index (Phi) is 8.91. The molecule has 1 unspecified atom stereocenters. The molecule has 0 aliphatic carbocycles. The van der Waals surface area contributed by atoms with Crippen LogP contribution in [0, 0.1) is 11.7 Å². The summed E-state index contributed by atoms with van der Waals surface area (Å²) in [5.41, 5.74) is 4.59. The van der Waals surface area contributed by atoms with Gasteiger partial charge in [-0.15, -0.1) is 0 Å². The number of ether oxygens (including phenoxy) is 1. The minimum atomic E-state index is -1.11. The van der Waals surface area contributed by atoms with Crippen molar-refractivity contribution in [3.05, 3.63) is 42.0 Å². The summed E-state index contributed by atoms with van der Waals surface area (Å²) in [6, 6.07) is 3.48. The van der Waals surface area contributed by atoms with Gasteiger partial charge in [0.05, 0.1) is 24.6 Å². The number of hydrogen-bond acceptors (Lipinski definition) is 6. The van der Waals surface area contributed by atoms with Gasteiger partial charge in [0.25, 0.3) is 5.91 Å². The van der Waals surface area contributed by atoms with E-state index in [2.05, 4.69) is 14.9 Å². The highest BCUT2D eigenvalue weighted by Crippen LogP contribution is 2.27. The number of piperidine rings is 1. The molecule has 2 saturated heterocycles. The van der Waals surface area contributed by atoms with Crippen molar-refractivity contribution in [1.29, 1.82) is 0 Å². The molecule has 0 saturated carbocycles. The molecule has 1 aromatic carbocycles. The SMILES string of the molecule is CCC(F)(CC)CN1CCC(COc2cnc(-c3ccc(C(=O)N4CCCC4C(N)=O)c(F)c3)nc2)CC1. The third-order valence-corrected chi connectivity index (χ3v) is 7.90. The summed E-state index contributed by atoms with van der Waals surface area (Å²) >= 11 is 0. The molecule has 4 rings (SSSR count). The zero-order valence-corrected chi connectivity index (χ0v) is 22.2. The van der Waals surface area contributed by atoms with E-state index in [0.29, 0.717) is 68.4 Å². The van der Waals surface area contributed by atoms with E-state index in [1.54, 1.807) is 18.5 Å². The van der Waals surface area contributed by atoms with Crippen LogP contribution >= 0.6 is 0 Å². The minimum absolute atomic E-state index is 0.116. The number of carbonyl (C=O) groups excluding carboxylic acids is 2. The summed E-state index contributed by atoms with van der Waals surface area (Å²) in [5.74, 6) is -0.629. The van der Waals surface area contributed by atoms with Gasteiger partial charge in [0.15, 0.2) is 11.6 Å². The number of nitrogens with zero attached hydrogens (tertiary/aromatic N) is 4. The van der Waals surface area contributed by atoms with Crippen LogP contribution in [0.25, 0.3) is 11.4 Å². The van der Waals surface area contributed by atoms with Gasteiger partial charge in [-0.25, -0.2) is 18.7 Å². The molecule has 0 bridgehead atoms. The highest BCUT2D eigenvalue weighted by molar-refractivity contribution is 5.98. The standard InChI is InChI=1S/C28H37F2N5O3/c1-3-28(30,4-2)18-34-12-9-19(10-13-34)17-38-21-15-32-26(33-16-21)20-7-8-22(23(29)14-20)27(37)35-11-5-6-24(35)25(31)36/h7-8,14-16,19,24H,3-6,9-13,17-18H2,1-2H3,(H2,31,36). The average Bonchev–Trinajstić information content (AvgIpc) is 3.43. The van der Waals surface area contributed by atoms with E-state index < -0.39 is 29.3 Å². The number of carbonyl (C=O) groups is 2. The smallest absolute Gasteiger partial charge is 0.257 e. The summed E-state index contributed by atoms with van der Waals surface area (Å²) in [6.45, 7) is 6.92. The number of rotatable bonds is 10. The van der Waals surface area contributed by atoms with Crippen LogP contribution in [0.5, 0.6) is 5.75 Å². The second-order valence-electron chi connectivity index (χ2n) is 10.4. The number of nitrogens with two attached hydrogens (primary N) is 1. The average molecular weight is 530 g/mol. The zero-order valence-electron chi connectivity index (χ0n) is 22.2. The molecular formula is C28H37F2N5O3. The number of amides is 2. The van der Waals surface area contributed by atoms with E-state index in [0.717, 1.165) is 25.9 Å². The Labute approximate surface area is 222 Å². The highest BCUT2D eigenvalue weighted by Gasteiger charge is 2.34. The Bertz CT molecular complexity index is 1120. The normalized spacial score (nSPS) is 19.1. The predicted octanol–water partition coefficient (Wildman–Crippen LogP) is 3.99. The van der Waals surface area contributed by atoms with Crippen molar-refractivity contribution >= 4 is 11.8 Å². The number of aromatic nitrogens is 2. The summed E-state index contributed by atoms with van der Waals surface area (Å²) in [6.07, 6.45) is 7.21. The maximum atomic E-state index is 14.9. The van der Waals surface area contributed by atoms with Crippen LogP contribution in [-0.4, -0.2) is 76.1 Å². The Hall–Kier alpha value is -3.14. The second-order valence-corrected chi connectivity index (χ2v) is 10.4. The number of benzene rings is 1. The molecule has 2 aromatic rings. The Morgan fingerprint density at radius 1 is 1.11 bits per heavy atom. The fourth-order valence-electron chi connectivity index (χ4n) is 5.23. The Morgan fingerprint density at radius 3 is 2.39 bits per heavy atom. The molecule has 10 heteroatoms. The lowest BCUT2D eigenvalue weighted by molar-refractivity contribution is -0.121. The van der Waals surface area contributed by atoms with Crippen LogP contribution in [0.2, 0.25) is 0 Å². The number of halogens is 2. The van der Waals surface area contributed by atoms with E-state index in [4.69, 9.17) is 10.5 Å². The molecule has 3 heterocycles. The number of likely N-dealkylation sites (tertiary alicyclic amines) is 2. The van der Waals surface area contributed by atoms with Gasteiger partial charge in [-0.2, -0.15) is 0 Å². The summed E-state index contributed by atoms with van der Waals surface area (Å²) in [4.78, 5) is 36.5. The first-order valence-electron chi connectivity index (χ1n) is 13.5. The minimum Gasteiger partial charge on any atom is -0.490 e. The molecule has 2 N–H and O–H groups in total. The van der Waals surface area contributed by atoms with Gasteiger partial charge in [-0.1, -0.05) is 19.9 Å². The van der Waals surface area contributed by atoms with Gasteiger partial charge in [-0.05, 0) is 69.7 Å². The van der Waals surface area contributed by atoms with E-state index in [9.17, 15) is 18.4 Å². The maximum Gasteiger partial charge on any atom is 0.257 e. The van der Waals surface area contributed by atoms with E-state index >= 15 is 0 Å². The van der Waals surface area contributed by atoms with E-state index in [-0.39, 0.29) is 5.56 Å². The van der Waals surface area contributed by atoms with Crippen molar-refractivity contribution in [2.75, 3.05) is 32.8 Å². The van der Waals surface area contributed by atoms with Crippen molar-refractivity contribution in [3.8, 4) is 17.1 Å². The lowest BCUT2D eigenvalue weighted by Gasteiger charge is -2.36. The van der Waals surface area contributed by atoms with Crippen LogP contribution in [-0.2, 0) is 4.79 Å². The van der Waals surface area contributed by atoms with Crippen molar-refractivity contribution in [2.24, 2.45) is 11.7 Å². The van der Waals surface area contributed by atoms with Crippen LogP contribution in [0.15, 0.2) is 30.6 Å². The molecule has 2 aliphatic rings. The quantitative estimate of drug-likeness (QED) is 0.499. The topological polar surface area (TPSA) is 102 Å². The van der Waals surface area contributed by atoms with Crippen LogP contribution < -0.4 is 10.5 Å². The van der Waals surface area contributed by atoms with Gasteiger partial charge in [0.1, 0.15) is 17.5 Å². The zero-order chi connectivity index (χ0) is 27.3. The molecule has 0 spiro atoms.